The van der Waals surface area contributed by atoms with Crippen LogP contribution in [0.15, 0.2) is 54.6 Å². The van der Waals surface area contributed by atoms with E-state index in [9.17, 15) is 4.79 Å². The Hall–Kier alpha value is -2.37. The Labute approximate surface area is 148 Å². The minimum absolute atomic E-state index is 0.184. The number of hydrogen-bond donors (Lipinski definition) is 2. The molecule has 5 nitrogen and oxygen atoms in total. The lowest BCUT2D eigenvalue weighted by Crippen LogP contribution is -2.45. The van der Waals surface area contributed by atoms with Gasteiger partial charge in [0.15, 0.2) is 0 Å². The number of benzene rings is 2. The molecule has 0 bridgehead atoms. The van der Waals surface area contributed by atoms with Crippen LogP contribution in [0.4, 0.5) is 5.69 Å². The lowest BCUT2D eigenvalue weighted by atomic mass is 9.92. The van der Waals surface area contributed by atoms with Crippen molar-refractivity contribution in [1.29, 1.82) is 0 Å². The minimum atomic E-state index is -1.10. The highest BCUT2D eigenvalue weighted by Crippen LogP contribution is 2.22. The molecule has 5 heteroatoms. The number of rotatable bonds is 6. The summed E-state index contributed by atoms with van der Waals surface area (Å²) in [6, 6.07) is 16.6. The van der Waals surface area contributed by atoms with Gasteiger partial charge in [-0.2, -0.15) is 0 Å². The first kappa shape index (κ1) is 17.5. The van der Waals surface area contributed by atoms with Gasteiger partial charge in [-0.25, -0.2) is 0 Å². The van der Waals surface area contributed by atoms with Crippen molar-refractivity contribution in [2.75, 3.05) is 18.5 Å². The van der Waals surface area contributed by atoms with Gasteiger partial charge in [0.2, 0.25) is 5.91 Å². The highest BCUT2D eigenvalue weighted by Gasteiger charge is 2.30. The van der Waals surface area contributed by atoms with Gasteiger partial charge >= 0.3 is 0 Å². The van der Waals surface area contributed by atoms with E-state index in [1.165, 1.54) is 0 Å². The first-order valence-corrected chi connectivity index (χ1v) is 8.56. The quantitative estimate of drug-likeness (QED) is 0.848. The van der Waals surface area contributed by atoms with Crippen LogP contribution in [-0.4, -0.2) is 25.2 Å². The molecule has 0 aromatic heterocycles. The van der Waals surface area contributed by atoms with Crippen molar-refractivity contribution in [2.24, 2.45) is 5.73 Å². The van der Waals surface area contributed by atoms with E-state index in [0.717, 1.165) is 30.8 Å². The van der Waals surface area contributed by atoms with Gasteiger partial charge in [0, 0.05) is 12.3 Å². The van der Waals surface area contributed by atoms with Crippen LogP contribution in [-0.2, 0) is 15.1 Å². The highest BCUT2D eigenvalue weighted by molar-refractivity contribution is 5.98. The molecule has 1 amide bonds. The summed E-state index contributed by atoms with van der Waals surface area (Å²) < 4.78 is 11.3. The molecule has 0 spiro atoms. The Morgan fingerprint density at radius 1 is 1.24 bits per heavy atom. The number of ether oxygens (including phenoxy) is 2. The maximum absolute atomic E-state index is 12.5. The van der Waals surface area contributed by atoms with E-state index >= 15 is 0 Å². The van der Waals surface area contributed by atoms with E-state index in [-0.39, 0.29) is 12.0 Å². The third-order valence-corrected chi connectivity index (χ3v) is 4.42. The van der Waals surface area contributed by atoms with E-state index < -0.39 is 5.54 Å². The fourth-order valence-corrected chi connectivity index (χ4v) is 2.78. The second-order valence-corrected chi connectivity index (χ2v) is 6.49. The maximum Gasteiger partial charge on any atom is 0.248 e. The average molecular weight is 340 g/mol. The predicted molar refractivity (Wildman–Crippen MR) is 97.5 cm³/mol. The SMILES string of the molecule is CC(N)(C(=O)Nc1ccc(OCC2CCCO2)cc1)c1ccccc1. The van der Waals surface area contributed by atoms with Crippen LogP contribution in [0.1, 0.15) is 25.3 Å². The molecule has 1 saturated heterocycles. The average Bonchev–Trinajstić information content (AvgIpc) is 3.15. The Kier molecular flexibility index (Phi) is 5.36. The third-order valence-electron chi connectivity index (χ3n) is 4.42. The summed E-state index contributed by atoms with van der Waals surface area (Å²) in [5.41, 5.74) is 6.58. The molecule has 25 heavy (non-hydrogen) atoms. The Balaban J connectivity index is 1.58. The molecule has 1 heterocycles. The van der Waals surface area contributed by atoms with Gasteiger partial charge < -0.3 is 20.5 Å². The summed E-state index contributed by atoms with van der Waals surface area (Å²) in [6.45, 7) is 3.08. The van der Waals surface area contributed by atoms with E-state index in [1.807, 2.05) is 54.6 Å². The summed E-state index contributed by atoms with van der Waals surface area (Å²) in [5.74, 6) is 0.499. The maximum atomic E-state index is 12.5. The van der Waals surface area contributed by atoms with Crippen LogP contribution < -0.4 is 15.8 Å². The van der Waals surface area contributed by atoms with Gasteiger partial charge in [-0.3, -0.25) is 4.79 Å². The van der Waals surface area contributed by atoms with Crippen molar-refractivity contribution in [2.45, 2.75) is 31.4 Å². The van der Waals surface area contributed by atoms with Crippen LogP contribution in [0.25, 0.3) is 0 Å². The normalized spacial score (nSPS) is 19.2. The smallest absolute Gasteiger partial charge is 0.248 e. The molecule has 1 fully saturated rings. The molecule has 0 saturated carbocycles. The number of amides is 1. The molecular weight excluding hydrogens is 316 g/mol. The van der Waals surface area contributed by atoms with Gasteiger partial charge in [-0.05, 0) is 49.6 Å². The predicted octanol–water partition coefficient (Wildman–Crippen LogP) is 3.06. The van der Waals surface area contributed by atoms with E-state index in [4.69, 9.17) is 15.2 Å². The van der Waals surface area contributed by atoms with Gasteiger partial charge in [-0.15, -0.1) is 0 Å². The van der Waals surface area contributed by atoms with Crippen LogP contribution in [0.5, 0.6) is 5.75 Å². The first-order valence-electron chi connectivity index (χ1n) is 8.56. The molecule has 3 rings (SSSR count). The van der Waals surface area contributed by atoms with Crippen LogP contribution in [0.2, 0.25) is 0 Å². The lowest BCUT2D eigenvalue weighted by molar-refractivity contribution is -0.120. The molecule has 1 aliphatic rings. The van der Waals surface area contributed by atoms with Gasteiger partial charge in [0.1, 0.15) is 17.9 Å². The van der Waals surface area contributed by atoms with Gasteiger partial charge in [0.05, 0.1) is 6.10 Å². The van der Waals surface area contributed by atoms with Crippen LogP contribution in [0.3, 0.4) is 0 Å². The summed E-state index contributed by atoms with van der Waals surface area (Å²) in [6.07, 6.45) is 2.32. The van der Waals surface area contributed by atoms with Gasteiger partial charge in [0.25, 0.3) is 0 Å². The zero-order valence-corrected chi connectivity index (χ0v) is 14.4. The molecule has 2 atom stereocenters. The number of carbonyl (C=O) groups is 1. The van der Waals surface area contributed by atoms with E-state index in [1.54, 1.807) is 6.92 Å². The lowest BCUT2D eigenvalue weighted by Gasteiger charge is -2.24. The fraction of sp³-hybridized carbons (Fsp3) is 0.350. The number of nitrogens with one attached hydrogen (secondary N) is 1. The topological polar surface area (TPSA) is 73.6 Å². The van der Waals surface area contributed by atoms with Crippen molar-refractivity contribution >= 4 is 11.6 Å². The Morgan fingerprint density at radius 3 is 2.60 bits per heavy atom. The van der Waals surface area contributed by atoms with E-state index in [0.29, 0.717) is 12.3 Å². The number of hydrogen-bond acceptors (Lipinski definition) is 4. The second kappa shape index (κ2) is 7.68. The van der Waals surface area contributed by atoms with Crippen molar-refractivity contribution in [3.05, 3.63) is 60.2 Å². The second-order valence-electron chi connectivity index (χ2n) is 6.49. The summed E-state index contributed by atoms with van der Waals surface area (Å²) in [5, 5.41) is 2.86. The summed E-state index contributed by atoms with van der Waals surface area (Å²) in [7, 11) is 0. The Morgan fingerprint density at radius 2 is 1.96 bits per heavy atom. The van der Waals surface area contributed by atoms with E-state index in [2.05, 4.69) is 5.32 Å². The molecule has 1 aliphatic heterocycles. The third kappa shape index (κ3) is 4.38. The minimum Gasteiger partial charge on any atom is -0.491 e. The zero-order valence-electron chi connectivity index (χ0n) is 14.4. The molecule has 132 valence electrons. The molecule has 2 aromatic carbocycles. The zero-order chi connectivity index (χ0) is 17.7. The summed E-state index contributed by atoms with van der Waals surface area (Å²) in [4.78, 5) is 12.5. The summed E-state index contributed by atoms with van der Waals surface area (Å²) >= 11 is 0. The highest BCUT2D eigenvalue weighted by atomic mass is 16.5. The van der Waals surface area contributed by atoms with Crippen molar-refractivity contribution < 1.29 is 14.3 Å². The standard InChI is InChI=1S/C20H24N2O3/c1-20(21,15-6-3-2-4-7-15)19(23)22-16-9-11-17(12-10-16)25-14-18-8-5-13-24-18/h2-4,6-7,9-12,18H,5,8,13-14,21H2,1H3,(H,22,23). The largest absolute Gasteiger partial charge is 0.491 e. The molecule has 0 aliphatic carbocycles. The van der Waals surface area contributed by atoms with Gasteiger partial charge in [-0.1, -0.05) is 30.3 Å². The molecule has 2 unspecified atom stereocenters. The molecule has 3 N–H and O–H groups in total. The van der Waals surface area contributed by atoms with Crippen LogP contribution in [0, 0.1) is 0 Å². The molecule has 2 aromatic rings. The number of carbonyl (C=O) groups excluding carboxylic acids is 1. The molecular formula is C20H24N2O3. The van der Waals surface area contributed by atoms with Crippen molar-refractivity contribution in [3.63, 3.8) is 0 Å². The first-order chi connectivity index (χ1) is 12.1. The number of nitrogens with two attached hydrogens (primary N) is 1. The number of anilines is 1. The Bertz CT molecular complexity index is 693. The van der Waals surface area contributed by atoms with Crippen molar-refractivity contribution in [1.82, 2.24) is 0 Å². The van der Waals surface area contributed by atoms with Crippen molar-refractivity contribution in [3.8, 4) is 5.75 Å². The fourth-order valence-electron chi connectivity index (χ4n) is 2.78. The molecule has 0 radical (unpaired) electrons. The monoisotopic (exact) mass is 340 g/mol. The van der Waals surface area contributed by atoms with Crippen LogP contribution >= 0.6 is 0 Å².